The number of ether oxygens (including phenoxy) is 3. The summed E-state index contributed by atoms with van der Waals surface area (Å²) >= 11 is 0. The minimum absolute atomic E-state index is 0.194. The number of nitrogens with zero attached hydrogens (tertiary/aromatic N) is 1. The molecule has 0 aliphatic carbocycles. The topological polar surface area (TPSA) is 60.7 Å². The van der Waals surface area contributed by atoms with Crippen molar-refractivity contribution in [1.82, 2.24) is 5.32 Å². The number of carbonyl (C=O) groups excluding carboxylic acids is 1. The van der Waals surface area contributed by atoms with Gasteiger partial charge in [0.05, 0.1) is 13.2 Å². The predicted octanol–water partition coefficient (Wildman–Crippen LogP) is 6.99. The molecule has 0 saturated carbocycles. The molecule has 1 rings (SSSR count). The largest absolute Gasteiger partial charge is 0.447 e. The zero-order chi connectivity index (χ0) is 25.9. The van der Waals surface area contributed by atoms with Crippen LogP contribution in [0.2, 0.25) is 0 Å². The normalized spacial score (nSPS) is 11.9. The van der Waals surface area contributed by atoms with Gasteiger partial charge >= 0.3 is 6.09 Å². The number of unbranched alkanes of at least 4 members (excludes halogenated alkanes) is 15. The Morgan fingerprint density at radius 2 is 1.28 bits per heavy atom. The number of aromatic nitrogens is 1. The molecule has 0 aliphatic rings. The van der Waals surface area contributed by atoms with Crippen molar-refractivity contribution in [3.63, 3.8) is 0 Å². The quantitative estimate of drug-likeness (QED) is 0.114. The number of nitrogens with one attached hydrogen (secondary N) is 1. The number of methoxy groups -OCH3 is 1. The molecule has 1 amide bonds. The molecule has 1 aromatic heterocycles. The number of carbonyl (C=O) groups is 1. The maximum Gasteiger partial charge on any atom is 0.407 e. The zero-order valence-corrected chi connectivity index (χ0v) is 23.4. The Morgan fingerprint density at radius 3 is 1.81 bits per heavy atom. The summed E-state index contributed by atoms with van der Waals surface area (Å²) in [6.45, 7) is 4.87. The van der Waals surface area contributed by atoms with Crippen LogP contribution >= 0.6 is 0 Å². The van der Waals surface area contributed by atoms with Crippen LogP contribution in [0.1, 0.15) is 110 Å². The molecular weight excluding hydrogens is 452 g/mol. The molecule has 0 unspecified atom stereocenters. The van der Waals surface area contributed by atoms with E-state index >= 15 is 0 Å². The van der Waals surface area contributed by atoms with E-state index in [2.05, 4.69) is 12.2 Å². The third-order valence-corrected chi connectivity index (χ3v) is 6.60. The molecule has 1 N–H and O–H groups in total. The molecular formula is C30H55N2O4+. The van der Waals surface area contributed by atoms with E-state index in [1.807, 2.05) is 35.2 Å². The first kappa shape index (κ1) is 32.4. The van der Waals surface area contributed by atoms with E-state index in [4.69, 9.17) is 14.2 Å². The number of rotatable bonds is 25. The molecule has 1 aromatic rings. The third-order valence-electron chi connectivity index (χ3n) is 6.60. The van der Waals surface area contributed by atoms with Crippen LogP contribution in [0.5, 0.6) is 0 Å². The van der Waals surface area contributed by atoms with Crippen LogP contribution in [0, 0.1) is 0 Å². The monoisotopic (exact) mass is 507 g/mol. The van der Waals surface area contributed by atoms with Crippen molar-refractivity contribution in [3.05, 3.63) is 30.6 Å². The molecule has 1 heterocycles. The molecule has 36 heavy (non-hydrogen) atoms. The lowest BCUT2D eigenvalue weighted by molar-refractivity contribution is -0.694. The van der Waals surface area contributed by atoms with Crippen molar-refractivity contribution in [2.75, 3.05) is 33.5 Å². The Balaban J connectivity index is 1.83. The van der Waals surface area contributed by atoms with Crippen LogP contribution in [-0.4, -0.2) is 45.7 Å². The van der Waals surface area contributed by atoms with Gasteiger partial charge in [-0.25, -0.2) is 9.36 Å². The summed E-state index contributed by atoms with van der Waals surface area (Å²) < 4.78 is 18.4. The minimum atomic E-state index is -0.425. The highest BCUT2D eigenvalue weighted by molar-refractivity contribution is 5.66. The van der Waals surface area contributed by atoms with Gasteiger partial charge in [-0.1, -0.05) is 109 Å². The van der Waals surface area contributed by atoms with Crippen molar-refractivity contribution in [3.8, 4) is 0 Å². The van der Waals surface area contributed by atoms with Crippen LogP contribution < -0.4 is 9.88 Å². The van der Waals surface area contributed by atoms with Crippen LogP contribution in [0.4, 0.5) is 4.79 Å². The van der Waals surface area contributed by atoms with Gasteiger partial charge in [0, 0.05) is 25.8 Å². The van der Waals surface area contributed by atoms with Gasteiger partial charge in [0.15, 0.2) is 18.9 Å². The lowest BCUT2D eigenvalue weighted by Gasteiger charge is -2.16. The third kappa shape index (κ3) is 20.5. The molecule has 208 valence electrons. The fourth-order valence-corrected chi connectivity index (χ4v) is 4.24. The van der Waals surface area contributed by atoms with E-state index in [9.17, 15) is 4.79 Å². The molecule has 0 aliphatic heterocycles. The van der Waals surface area contributed by atoms with Crippen LogP contribution in [0.15, 0.2) is 30.6 Å². The second-order valence-corrected chi connectivity index (χ2v) is 9.87. The van der Waals surface area contributed by atoms with E-state index < -0.39 is 6.09 Å². The van der Waals surface area contributed by atoms with Crippen molar-refractivity contribution < 1.29 is 23.6 Å². The van der Waals surface area contributed by atoms with E-state index in [0.717, 1.165) is 13.0 Å². The zero-order valence-electron chi connectivity index (χ0n) is 23.4. The second kappa shape index (κ2) is 25.0. The summed E-state index contributed by atoms with van der Waals surface area (Å²) in [5.41, 5.74) is 0. The Morgan fingerprint density at radius 1 is 0.750 bits per heavy atom. The van der Waals surface area contributed by atoms with Crippen molar-refractivity contribution in [1.29, 1.82) is 0 Å². The Labute approximate surface area is 221 Å². The van der Waals surface area contributed by atoms with Crippen LogP contribution in [0.3, 0.4) is 0 Å². The molecule has 6 heteroatoms. The highest BCUT2D eigenvalue weighted by Crippen LogP contribution is 2.13. The summed E-state index contributed by atoms with van der Waals surface area (Å²) in [6.07, 6.45) is 25.1. The number of pyridine rings is 1. The number of amides is 1. The maximum absolute atomic E-state index is 11.9. The lowest BCUT2D eigenvalue weighted by atomic mass is 10.0. The summed E-state index contributed by atoms with van der Waals surface area (Å²) in [5, 5.41) is 2.76. The van der Waals surface area contributed by atoms with Crippen LogP contribution in [0.25, 0.3) is 0 Å². The standard InChI is InChI=1S/C30H54N2O4/c1-3-4-5-6-7-8-9-10-11-12-13-14-15-16-17-21-26-35-27-29(34-2)28-36-30(33)31-22-25-32-23-19-18-20-24-32/h18-20,23-24,29H,3-17,21-22,25-28H2,1-2H3/p+1/t29-/m0/s1. The highest BCUT2D eigenvalue weighted by atomic mass is 16.6. The van der Waals surface area contributed by atoms with Gasteiger partial charge in [0.1, 0.15) is 12.7 Å². The average Bonchev–Trinajstić information content (AvgIpc) is 2.90. The molecule has 0 fully saturated rings. The molecule has 0 aromatic carbocycles. The molecule has 0 bridgehead atoms. The van der Waals surface area contributed by atoms with Gasteiger partial charge < -0.3 is 19.5 Å². The lowest BCUT2D eigenvalue weighted by Crippen LogP contribution is -2.40. The van der Waals surface area contributed by atoms with Gasteiger partial charge in [-0.15, -0.1) is 0 Å². The second-order valence-electron chi connectivity index (χ2n) is 9.87. The van der Waals surface area contributed by atoms with E-state index in [0.29, 0.717) is 19.7 Å². The number of hydrogen-bond acceptors (Lipinski definition) is 4. The first-order valence-electron chi connectivity index (χ1n) is 14.7. The minimum Gasteiger partial charge on any atom is -0.447 e. The number of hydrogen-bond donors (Lipinski definition) is 1. The molecule has 0 spiro atoms. The fourth-order valence-electron chi connectivity index (χ4n) is 4.24. The van der Waals surface area contributed by atoms with Gasteiger partial charge in [-0.05, 0) is 6.42 Å². The van der Waals surface area contributed by atoms with E-state index in [1.54, 1.807) is 7.11 Å². The Hall–Kier alpha value is -1.66. The molecule has 0 saturated heterocycles. The first-order valence-corrected chi connectivity index (χ1v) is 14.7. The van der Waals surface area contributed by atoms with Gasteiger partial charge in [0.2, 0.25) is 0 Å². The molecule has 6 nitrogen and oxygen atoms in total. The van der Waals surface area contributed by atoms with Gasteiger partial charge in [-0.3, -0.25) is 0 Å². The average molecular weight is 508 g/mol. The maximum atomic E-state index is 11.9. The predicted molar refractivity (Wildman–Crippen MR) is 147 cm³/mol. The summed E-state index contributed by atoms with van der Waals surface area (Å²) in [5.74, 6) is 0. The van der Waals surface area contributed by atoms with Crippen LogP contribution in [-0.2, 0) is 20.8 Å². The van der Waals surface area contributed by atoms with Crippen molar-refractivity contribution in [2.24, 2.45) is 0 Å². The van der Waals surface area contributed by atoms with E-state index in [1.165, 1.54) is 96.3 Å². The Kier molecular flexibility index (Phi) is 22.5. The highest BCUT2D eigenvalue weighted by Gasteiger charge is 2.12. The van der Waals surface area contributed by atoms with Gasteiger partial charge in [0.25, 0.3) is 0 Å². The smallest absolute Gasteiger partial charge is 0.407 e. The van der Waals surface area contributed by atoms with E-state index in [-0.39, 0.29) is 12.7 Å². The Bertz CT molecular complexity index is 600. The fraction of sp³-hybridized carbons (Fsp3) is 0.800. The summed E-state index contributed by atoms with van der Waals surface area (Å²) in [4.78, 5) is 11.9. The summed E-state index contributed by atoms with van der Waals surface area (Å²) in [6, 6.07) is 5.88. The van der Waals surface area contributed by atoms with Crippen molar-refractivity contribution >= 4 is 6.09 Å². The van der Waals surface area contributed by atoms with Crippen molar-refractivity contribution in [2.45, 2.75) is 122 Å². The summed E-state index contributed by atoms with van der Waals surface area (Å²) in [7, 11) is 1.62. The molecule has 0 radical (unpaired) electrons. The SMILES string of the molecule is CCCCCCCCCCCCCCCCCCOC[C@@H](COC(=O)NCC[n+]1ccccc1)OC. The van der Waals surface area contributed by atoms with Gasteiger partial charge in [-0.2, -0.15) is 0 Å². The first-order chi connectivity index (χ1) is 17.8. The molecule has 1 atom stereocenters. The number of alkyl carbamates (subject to hydrolysis) is 1.